The Morgan fingerprint density at radius 3 is 2.00 bits per heavy atom. The van der Waals surface area contributed by atoms with Gasteiger partial charge in [0.25, 0.3) is 0 Å². The summed E-state index contributed by atoms with van der Waals surface area (Å²) in [4.78, 5) is 24.3. The molecule has 2 unspecified atom stereocenters. The summed E-state index contributed by atoms with van der Waals surface area (Å²) in [5.41, 5.74) is -0.719. The van der Waals surface area contributed by atoms with Crippen molar-refractivity contribution >= 4 is 12.1 Å². The van der Waals surface area contributed by atoms with Gasteiger partial charge in [0.2, 0.25) is 0 Å². The second kappa shape index (κ2) is 5.97. The summed E-state index contributed by atoms with van der Waals surface area (Å²) in [7, 11) is 0. The molecule has 21 heavy (non-hydrogen) atoms. The third-order valence-electron chi connectivity index (χ3n) is 4.37. The molecule has 2 atom stereocenters. The number of ketones is 1. The van der Waals surface area contributed by atoms with E-state index in [1.54, 1.807) is 6.92 Å². The molecule has 0 amide bonds. The smallest absolute Gasteiger partial charge is 0.168 e. The summed E-state index contributed by atoms with van der Waals surface area (Å²) >= 11 is 0. The Hall–Kier alpha value is -1.70. The lowest BCUT2D eigenvalue weighted by molar-refractivity contribution is -0.135. The molecule has 0 saturated heterocycles. The second-order valence-electron chi connectivity index (χ2n) is 7.32. The number of carbonyl (C=O) groups excluding carboxylic acids is 2. The molecule has 0 radical (unpaired) electrons. The molecule has 1 aromatic carbocycles. The van der Waals surface area contributed by atoms with Gasteiger partial charge in [0, 0.05) is 5.41 Å². The highest BCUT2D eigenvalue weighted by atomic mass is 16.1. The fourth-order valence-corrected chi connectivity index (χ4v) is 3.12. The zero-order valence-electron chi connectivity index (χ0n) is 13.8. The van der Waals surface area contributed by atoms with Crippen LogP contribution in [0.1, 0.15) is 46.6 Å². The van der Waals surface area contributed by atoms with Crippen molar-refractivity contribution in [1.29, 1.82) is 0 Å². The number of benzene rings is 1. The van der Waals surface area contributed by atoms with Gasteiger partial charge in [-0.2, -0.15) is 0 Å². The Labute approximate surface area is 128 Å². The first-order valence-corrected chi connectivity index (χ1v) is 7.29. The number of allylic oxidation sites excluding steroid dienone is 1. The number of hydrogen-bond donors (Lipinski definition) is 0. The minimum absolute atomic E-state index is 0.0175. The highest BCUT2D eigenvalue weighted by Gasteiger charge is 2.51. The van der Waals surface area contributed by atoms with Crippen LogP contribution in [0.3, 0.4) is 0 Å². The van der Waals surface area contributed by atoms with E-state index in [2.05, 4.69) is 27.4 Å². The zero-order chi connectivity index (χ0) is 16.3. The van der Waals surface area contributed by atoms with Crippen molar-refractivity contribution in [2.45, 2.75) is 46.5 Å². The van der Waals surface area contributed by atoms with Crippen molar-refractivity contribution in [3.05, 3.63) is 48.6 Å². The molecule has 0 aliphatic heterocycles. The SMILES string of the molecule is C=CC(=O)C(C)(C=O)C(C)(CC(C)(C)C)c1ccccc1. The summed E-state index contributed by atoms with van der Waals surface area (Å²) in [5.74, 6) is -0.229. The fraction of sp³-hybridized carbons (Fsp3) is 0.474. The van der Waals surface area contributed by atoms with E-state index in [0.717, 1.165) is 18.3 Å². The minimum atomic E-state index is -1.12. The number of rotatable bonds is 6. The Bertz CT molecular complexity index is 524. The monoisotopic (exact) mass is 286 g/mol. The topological polar surface area (TPSA) is 34.1 Å². The molecule has 0 spiro atoms. The molecule has 2 heteroatoms. The van der Waals surface area contributed by atoms with E-state index in [9.17, 15) is 9.59 Å². The van der Waals surface area contributed by atoms with Gasteiger partial charge >= 0.3 is 0 Å². The Morgan fingerprint density at radius 2 is 1.62 bits per heavy atom. The second-order valence-corrected chi connectivity index (χ2v) is 7.32. The van der Waals surface area contributed by atoms with E-state index in [1.807, 2.05) is 37.3 Å². The van der Waals surface area contributed by atoms with Gasteiger partial charge in [0.05, 0.1) is 5.41 Å². The first kappa shape index (κ1) is 17.4. The molecule has 114 valence electrons. The molecule has 1 rings (SSSR count). The average Bonchev–Trinajstić information content (AvgIpc) is 2.44. The Kier molecular flexibility index (Phi) is 4.93. The molecule has 0 N–H and O–H groups in total. The lowest BCUT2D eigenvalue weighted by Gasteiger charge is -2.45. The summed E-state index contributed by atoms with van der Waals surface area (Å²) in [6.07, 6.45) is 2.77. The van der Waals surface area contributed by atoms with Crippen molar-refractivity contribution in [3.8, 4) is 0 Å². The van der Waals surface area contributed by atoms with Crippen LogP contribution in [0, 0.1) is 10.8 Å². The Balaban J connectivity index is 3.55. The first-order chi connectivity index (χ1) is 9.60. The summed E-state index contributed by atoms with van der Waals surface area (Å²) in [5, 5.41) is 0. The first-order valence-electron chi connectivity index (χ1n) is 7.29. The van der Waals surface area contributed by atoms with Crippen LogP contribution in [0.5, 0.6) is 0 Å². The molecule has 0 fully saturated rings. The van der Waals surface area contributed by atoms with Gasteiger partial charge in [-0.05, 0) is 30.4 Å². The normalized spacial score (nSPS) is 17.4. The minimum Gasteiger partial charge on any atom is -0.302 e. The van der Waals surface area contributed by atoms with E-state index < -0.39 is 10.8 Å². The molecule has 0 aliphatic carbocycles. The van der Waals surface area contributed by atoms with Crippen LogP contribution >= 0.6 is 0 Å². The molecule has 0 saturated carbocycles. The molecule has 1 aromatic rings. The maximum Gasteiger partial charge on any atom is 0.168 e. The molecule has 0 aromatic heterocycles. The quantitative estimate of drug-likeness (QED) is 0.443. The third kappa shape index (κ3) is 3.31. The van der Waals surface area contributed by atoms with Crippen molar-refractivity contribution in [3.63, 3.8) is 0 Å². The standard InChI is InChI=1S/C19H26O2/c1-7-16(21)19(6,14-20)18(5,13-17(2,3)4)15-11-9-8-10-12-15/h7-12,14H,1,13H2,2-6H3. The van der Waals surface area contributed by atoms with E-state index in [4.69, 9.17) is 0 Å². The van der Waals surface area contributed by atoms with Crippen LogP contribution in [0.15, 0.2) is 43.0 Å². The molecule has 0 bridgehead atoms. The maximum atomic E-state index is 12.4. The fourth-order valence-electron chi connectivity index (χ4n) is 3.12. The van der Waals surface area contributed by atoms with Crippen molar-refractivity contribution in [1.82, 2.24) is 0 Å². The van der Waals surface area contributed by atoms with Crippen LogP contribution in [0.2, 0.25) is 0 Å². The van der Waals surface area contributed by atoms with E-state index in [-0.39, 0.29) is 11.2 Å². The van der Waals surface area contributed by atoms with Crippen LogP contribution in [-0.2, 0) is 15.0 Å². The van der Waals surface area contributed by atoms with E-state index >= 15 is 0 Å². The van der Waals surface area contributed by atoms with Crippen molar-refractivity contribution in [2.24, 2.45) is 10.8 Å². The van der Waals surface area contributed by atoms with Gasteiger partial charge in [-0.15, -0.1) is 0 Å². The van der Waals surface area contributed by atoms with Crippen LogP contribution < -0.4 is 0 Å². The third-order valence-corrected chi connectivity index (χ3v) is 4.37. The van der Waals surface area contributed by atoms with Gasteiger partial charge in [-0.1, -0.05) is 64.6 Å². The number of carbonyl (C=O) groups is 2. The maximum absolute atomic E-state index is 12.4. The van der Waals surface area contributed by atoms with E-state index in [1.165, 1.54) is 6.08 Å². The molecular weight excluding hydrogens is 260 g/mol. The number of aldehydes is 1. The van der Waals surface area contributed by atoms with Crippen LogP contribution in [0.4, 0.5) is 0 Å². The molecule has 2 nitrogen and oxygen atoms in total. The van der Waals surface area contributed by atoms with Gasteiger partial charge in [-0.25, -0.2) is 0 Å². The van der Waals surface area contributed by atoms with Crippen LogP contribution in [-0.4, -0.2) is 12.1 Å². The predicted molar refractivity (Wildman–Crippen MR) is 87.2 cm³/mol. The zero-order valence-corrected chi connectivity index (χ0v) is 13.8. The Morgan fingerprint density at radius 1 is 1.10 bits per heavy atom. The van der Waals surface area contributed by atoms with Gasteiger partial charge in [0.1, 0.15) is 6.29 Å². The lowest BCUT2D eigenvalue weighted by Crippen LogP contribution is -2.49. The summed E-state index contributed by atoms with van der Waals surface area (Å²) in [6.45, 7) is 13.7. The predicted octanol–water partition coefficient (Wildman–Crippen LogP) is 4.34. The molecular formula is C19H26O2. The molecule has 0 heterocycles. The lowest BCUT2D eigenvalue weighted by atomic mass is 9.55. The largest absolute Gasteiger partial charge is 0.302 e. The van der Waals surface area contributed by atoms with Gasteiger partial charge in [-0.3, -0.25) is 4.79 Å². The highest BCUT2D eigenvalue weighted by molar-refractivity contribution is 6.05. The van der Waals surface area contributed by atoms with Crippen molar-refractivity contribution < 1.29 is 9.59 Å². The van der Waals surface area contributed by atoms with E-state index in [0.29, 0.717) is 0 Å². The summed E-state index contributed by atoms with van der Waals surface area (Å²) < 4.78 is 0. The summed E-state index contributed by atoms with van der Waals surface area (Å²) in [6, 6.07) is 9.81. The molecule has 0 aliphatic rings. The van der Waals surface area contributed by atoms with Gasteiger partial charge < -0.3 is 4.79 Å². The number of hydrogen-bond acceptors (Lipinski definition) is 2. The van der Waals surface area contributed by atoms with Crippen molar-refractivity contribution in [2.75, 3.05) is 0 Å². The average molecular weight is 286 g/mol. The van der Waals surface area contributed by atoms with Gasteiger partial charge in [0.15, 0.2) is 5.78 Å². The highest BCUT2D eigenvalue weighted by Crippen LogP contribution is 2.48. The van der Waals surface area contributed by atoms with Crippen LogP contribution in [0.25, 0.3) is 0 Å².